The zero-order valence-electron chi connectivity index (χ0n) is 24.2. The van der Waals surface area contributed by atoms with Crippen LogP contribution in [-0.2, 0) is 19.1 Å². The van der Waals surface area contributed by atoms with E-state index in [1.807, 2.05) is 51.1 Å². The fourth-order valence-electron chi connectivity index (χ4n) is 5.86. The van der Waals surface area contributed by atoms with E-state index >= 15 is 0 Å². The van der Waals surface area contributed by atoms with E-state index in [2.05, 4.69) is 15.6 Å². The average Bonchev–Trinajstić information content (AvgIpc) is 3.44. The van der Waals surface area contributed by atoms with Crippen molar-refractivity contribution in [3.05, 3.63) is 95.2 Å². The van der Waals surface area contributed by atoms with Gasteiger partial charge in [-0.25, -0.2) is 9.48 Å². The van der Waals surface area contributed by atoms with Crippen LogP contribution < -0.4 is 11.1 Å². The van der Waals surface area contributed by atoms with Gasteiger partial charge in [-0.1, -0.05) is 74.5 Å². The van der Waals surface area contributed by atoms with Crippen molar-refractivity contribution in [1.82, 2.24) is 25.2 Å². The molecule has 0 bridgehead atoms. The Hall–Kier alpha value is -4.67. The number of urea groups is 1. The zero-order chi connectivity index (χ0) is 30.9. The molecule has 43 heavy (non-hydrogen) atoms. The van der Waals surface area contributed by atoms with Gasteiger partial charge in [-0.05, 0) is 52.3 Å². The van der Waals surface area contributed by atoms with Gasteiger partial charge in [-0.3, -0.25) is 4.79 Å². The van der Waals surface area contributed by atoms with E-state index in [-0.39, 0.29) is 18.1 Å². The number of hydrogen-bond acceptors (Lipinski definition) is 4. The summed E-state index contributed by atoms with van der Waals surface area (Å²) in [7, 11) is 0. The summed E-state index contributed by atoms with van der Waals surface area (Å²) in [5.41, 5.74) is 8.78. The first kappa shape index (κ1) is 29.8. The number of carbonyl (C=O) groups excluding carboxylic acids is 2. The van der Waals surface area contributed by atoms with Gasteiger partial charge in [0.05, 0.1) is 30.0 Å². The van der Waals surface area contributed by atoms with Gasteiger partial charge in [-0.15, -0.1) is 5.10 Å². The van der Waals surface area contributed by atoms with Gasteiger partial charge >= 0.3 is 12.2 Å². The van der Waals surface area contributed by atoms with Crippen LogP contribution in [0.25, 0.3) is 22.4 Å². The van der Waals surface area contributed by atoms with Gasteiger partial charge in [0.1, 0.15) is 0 Å². The molecular weight excluding hydrogens is 557 g/mol. The molecule has 1 aliphatic rings. The highest BCUT2D eigenvalue weighted by Crippen LogP contribution is 2.46. The van der Waals surface area contributed by atoms with Crippen molar-refractivity contribution in [2.24, 2.45) is 11.1 Å². The number of fused-ring (bicyclic) bond motifs is 1. The lowest BCUT2D eigenvalue weighted by Crippen LogP contribution is -2.50. The van der Waals surface area contributed by atoms with Crippen LogP contribution in [-0.4, -0.2) is 44.9 Å². The van der Waals surface area contributed by atoms with Gasteiger partial charge in [-0.2, -0.15) is 13.2 Å². The van der Waals surface area contributed by atoms with Gasteiger partial charge in [0.25, 0.3) is 0 Å². The van der Waals surface area contributed by atoms with Crippen LogP contribution in [0.3, 0.4) is 0 Å². The SMILES string of the molecule is CC(C)(C)C1c2c(C(N)=O)ccc(-c3cccc(C(F)(F)F)c3)c2CCN1C(=O)NCCn1nncc1-c1ccccc1. The van der Waals surface area contributed by atoms with Crippen molar-refractivity contribution in [3.8, 4) is 22.4 Å². The van der Waals surface area contributed by atoms with Crippen LogP contribution in [0, 0.1) is 5.41 Å². The molecule has 224 valence electrons. The van der Waals surface area contributed by atoms with Crippen molar-refractivity contribution in [2.45, 2.75) is 46.0 Å². The Morgan fingerprint density at radius 2 is 1.72 bits per heavy atom. The van der Waals surface area contributed by atoms with Gasteiger partial charge in [0.15, 0.2) is 0 Å². The smallest absolute Gasteiger partial charge is 0.366 e. The number of alkyl halides is 3. The standard InChI is InChI=1S/C32H33F3N6O2/c1-31(2,3)28-27-24(23(12-13-25(27)29(36)42)21-10-7-11-22(18-21)32(33,34)35)14-16-40(28)30(43)37-15-17-41-26(19-38-39-41)20-8-5-4-6-9-20/h4-13,18-19,28H,14-17H2,1-3H3,(H2,36,42)(H,37,43). The molecule has 5 rings (SSSR count). The molecule has 8 nitrogen and oxygen atoms in total. The molecule has 1 atom stereocenters. The number of nitrogens with two attached hydrogens (primary N) is 1. The highest BCUT2D eigenvalue weighted by Gasteiger charge is 2.41. The summed E-state index contributed by atoms with van der Waals surface area (Å²) in [6.45, 7) is 6.82. The number of carbonyl (C=O) groups is 2. The lowest BCUT2D eigenvalue weighted by atomic mass is 9.73. The second kappa shape index (κ2) is 11.5. The molecule has 1 aromatic heterocycles. The molecule has 3 N–H and O–H groups in total. The summed E-state index contributed by atoms with van der Waals surface area (Å²) in [6.07, 6.45) is -2.49. The number of nitrogens with zero attached hydrogens (tertiary/aromatic N) is 4. The first-order chi connectivity index (χ1) is 20.4. The summed E-state index contributed by atoms with van der Waals surface area (Å²) < 4.78 is 42.3. The molecule has 11 heteroatoms. The van der Waals surface area contributed by atoms with Gasteiger partial charge in [0.2, 0.25) is 5.91 Å². The molecule has 0 saturated carbocycles. The minimum Gasteiger partial charge on any atom is -0.366 e. The van der Waals surface area contributed by atoms with Crippen LogP contribution in [0.4, 0.5) is 18.0 Å². The van der Waals surface area contributed by atoms with Crippen LogP contribution in [0.1, 0.15) is 53.9 Å². The Balaban J connectivity index is 1.45. The van der Waals surface area contributed by atoms with E-state index in [9.17, 15) is 22.8 Å². The number of halogens is 3. The highest BCUT2D eigenvalue weighted by atomic mass is 19.4. The molecule has 3 amide bonds. The van der Waals surface area contributed by atoms with Crippen molar-refractivity contribution < 1.29 is 22.8 Å². The van der Waals surface area contributed by atoms with Gasteiger partial charge in [0, 0.05) is 24.2 Å². The maximum atomic E-state index is 13.7. The third-order valence-electron chi connectivity index (χ3n) is 7.68. The molecule has 3 aromatic carbocycles. The molecule has 4 aromatic rings. The quantitative estimate of drug-likeness (QED) is 0.284. The number of amides is 3. The predicted molar refractivity (Wildman–Crippen MR) is 157 cm³/mol. The van der Waals surface area contributed by atoms with E-state index in [1.165, 1.54) is 6.07 Å². The van der Waals surface area contributed by atoms with Crippen molar-refractivity contribution in [2.75, 3.05) is 13.1 Å². The zero-order valence-corrected chi connectivity index (χ0v) is 24.2. The maximum absolute atomic E-state index is 13.7. The fraction of sp³-hybridized carbons (Fsp3) is 0.312. The monoisotopic (exact) mass is 590 g/mol. The third-order valence-corrected chi connectivity index (χ3v) is 7.68. The summed E-state index contributed by atoms with van der Waals surface area (Å²) in [6, 6.07) is 17.1. The predicted octanol–water partition coefficient (Wildman–Crippen LogP) is 6.08. The summed E-state index contributed by atoms with van der Waals surface area (Å²) in [4.78, 5) is 28.0. The first-order valence-electron chi connectivity index (χ1n) is 14.0. The molecule has 0 fully saturated rings. The van der Waals surface area contributed by atoms with Gasteiger partial charge < -0.3 is 16.0 Å². The Labute approximate surface area is 247 Å². The normalized spacial score (nSPS) is 15.2. The number of hydrogen-bond donors (Lipinski definition) is 2. The Kier molecular flexibility index (Phi) is 8.00. The third kappa shape index (κ3) is 6.11. The van der Waals surface area contributed by atoms with E-state index in [4.69, 9.17) is 5.73 Å². The topological polar surface area (TPSA) is 106 Å². The molecule has 0 aliphatic carbocycles. The van der Waals surface area contributed by atoms with Crippen molar-refractivity contribution >= 4 is 11.9 Å². The minimum atomic E-state index is -4.50. The van der Waals surface area contributed by atoms with Crippen molar-refractivity contribution in [3.63, 3.8) is 0 Å². The minimum absolute atomic E-state index is 0.248. The fourth-order valence-corrected chi connectivity index (χ4v) is 5.86. The molecule has 2 heterocycles. The largest absolute Gasteiger partial charge is 0.416 e. The average molecular weight is 591 g/mol. The molecule has 0 radical (unpaired) electrons. The van der Waals surface area contributed by atoms with Crippen LogP contribution in [0.5, 0.6) is 0 Å². The Bertz CT molecular complexity index is 1640. The van der Waals surface area contributed by atoms with Crippen LogP contribution >= 0.6 is 0 Å². The molecule has 0 spiro atoms. The summed E-state index contributed by atoms with van der Waals surface area (Å²) in [5, 5.41) is 11.2. The number of rotatable bonds is 6. The Morgan fingerprint density at radius 1 is 1.00 bits per heavy atom. The Morgan fingerprint density at radius 3 is 2.40 bits per heavy atom. The van der Waals surface area contributed by atoms with E-state index in [0.29, 0.717) is 36.2 Å². The number of aromatic nitrogens is 3. The first-order valence-corrected chi connectivity index (χ1v) is 14.0. The molecule has 0 saturated heterocycles. The van der Waals surface area contributed by atoms with Crippen LogP contribution in [0.15, 0.2) is 72.9 Å². The summed E-state index contributed by atoms with van der Waals surface area (Å²) >= 11 is 0. The second-order valence-corrected chi connectivity index (χ2v) is 11.6. The molecule has 1 unspecified atom stereocenters. The van der Waals surface area contributed by atoms with E-state index in [1.54, 1.807) is 34.0 Å². The lowest BCUT2D eigenvalue weighted by Gasteiger charge is -2.45. The number of benzene rings is 3. The van der Waals surface area contributed by atoms with Crippen molar-refractivity contribution in [1.29, 1.82) is 0 Å². The lowest BCUT2D eigenvalue weighted by molar-refractivity contribution is -0.137. The molecule has 1 aliphatic heterocycles. The highest BCUT2D eigenvalue weighted by molar-refractivity contribution is 5.96. The van der Waals surface area contributed by atoms with Crippen LogP contribution in [0.2, 0.25) is 0 Å². The number of nitrogens with one attached hydrogen (secondary N) is 1. The maximum Gasteiger partial charge on any atom is 0.416 e. The summed E-state index contributed by atoms with van der Waals surface area (Å²) in [5.74, 6) is -0.664. The van der Waals surface area contributed by atoms with E-state index in [0.717, 1.165) is 29.0 Å². The second-order valence-electron chi connectivity index (χ2n) is 11.6. The van der Waals surface area contributed by atoms with E-state index < -0.39 is 29.1 Å². The molecular formula is C32H33F3N6O2. The number of primary amides is 1.